The molecule has 0 aliphatic rings. The van der Waals surface area contributed by atoms with Crippen LogP contribution in [0.2, 0.25) is 0 Å². The summed E-state index contributed by atoms with van der Waals surface area (Å²) in [5.74, 6) is 0.289. The van der Waals surface area contributed by atoms with Gasteiger partial charge in [-0.25, -0.2) is 0 Å². The molecule has 0 heterocycles. The third kappa shape index (κ3) is 7.23. The lowest BCUT2D eigenvalue weighted by molar-refractivity contribution is -0.149. The summed E-state index contributed by atoms with van der Waals surface area (Å²) in [6, 6.07) is 0. The maximum atomic E-state index is 9.40. The molecule has 3 N–H and O–H groups in total. The van der Waals surface area contributed by atoms with Gasteiger partial charge in [-0.3, -0.25) is 0 Å². The van der Waals surface area contributed by atoms with Crippen molar-refractivity contribution in [3.8, 4) is 0 Å². The number of aliphatic hydroxyl groups is 3. The Morgan fingerprint density at radius 2 is 1.25 bits per heavy atom. The summed E-state index contributed by atoms with van der Waals surface area (Å²) >= 11 is 0. The minimum Gasteiger partial charge on any atom is -0.487 e. The van der Waals surface area contributed by atoms with Crippen LogP contribution in [0, 0.1) is 5.41 Å². The normalized spacial score (nSPS) is 13.0. The van der Waals surface area contributed by atoms with Crippen LogP contribution in [0.25, 0.3) is 0 Å². The van der Waals surface area contributed by atoms with Crippen molar-refractivity contribution in [2.45, 2.75) is 34.0 Å². The van der Waals surface area contributed by atoms with Crippen molar-refractivity contribution in [1.82, 2.24) is 0 Å². The lowest BCUT2D eigenvalue weighted by Crippen LogP contribution is -2.39. The molecule has 0 saturated carbocycles. The molecule has 0 fully saturated rings. The molecule has 0 unspecified atom stereocenters. The second-order valence-corrected chi connectivity index (χ2v) is 5.02. The zero-order valence-electron chi connectivity index (χ0n) is 15.1. The molecule has 0 aromatic carbocycles. The fourth-order valence-electron chi connectivity index (χ4n) is 1.70. The van der Waals surface area contributed by atoms with E-state index >= 15 is 0 Å². The Labute approximate surface area is 143 Å². The predicted molar refractivity (Wildman–Crippen MR) is 87.0 cm³/mol. The van der Waals surface area contributed by atoms with Crippen LogP contribution in [-0.4, -0.2) is 74.5 Å². The van der Waals surface area contributed by atoms with E-state index in [1.54, 1.807) is 13.8 Å². The number of rotatable bonds is 15. The van der Waals surface area contributed by atoms with Crippen LogP contribution < -0.4 is 0 Å². The molecule has 0 aromatic rings. The van der Waals surface area contributed by atoms with Gasteiger partial charge in [0, 0.05) is 13.2 Å². The molecule has 0 atom stereocenters. The quantitative estimate of drug-likeness (QED) is 0.291. The topological polar surface area (TPSA) is 107 Å². The Morgan fingerprint density at radius 1 is 0.750 bits per heavy atom. The molecule has 24 heavy (non-hydrogen) atoms. The van der Waals surface area contributed by atoms with Gasteiger partial charge in [-0.05, 0) is 27.7 Å². The van der Waals surface area contributed by atoms with Gasteiger partial charge in [0.15, 0.2) is 0 Å². The van der Waals surface area contributed by atoms with Crippen molar-refractivity contribution in [2.75, 3.05) is 52.9 Å². The van der Waals surface area contributed by atoms with E-state index < -0.39 is 31.5 Å². The SMILES string of the molecule is CCOC(OCC(CO)(CO)CO)=C(OCC)C(OCC)OCC. The largest absolute Gasteiger partial charge is 0.487 e. The first-order valence-electron chi connectivity index (χ1n) is 8.26. The van der Waals surface area contributed by atoms with Crippen molar-refractivity contribution in [2.24, 2.45) is 5.41 Å². The van der Waals surface area contributed by atoms with Gasteiger partial charge in [-0.15, -0.1) is 0 Å². The van der Waals surface area contributed by atoms with Gasteiger partial charge in [0.25, 0.3) is 0 Å². The second-order valence-electron chi connectivity index (χ2n) is 5.02. The Bertz CT molecular complexity index is 327. The lowest BCUT2D eigenvalue weighted by Gasteiger charge is -2.29. The van der Waals surface area contributed by atoms with Crippen LogP contribution in [0.4, 0.5) is 0 Å². The van der Waals surface area contributed by atoms with Crippen molar-refractivity contribution < 1.29 is 39.0 Å². The average molecular weight is 352 g/mol. The van der Waals surface area contributed by atoms with Gasteiger partial charge in [-0.1, -0.05) is 0 Å². The van der Waals surface area contributed by atoms with E-state index in [9.17, 15) is 15.3 Å². The molecule has 0 saturated heterocycles. The van der Waals surface area contributed by atoms with Crippen LogP contribution in [0.15, 0.2) is 11.7 Å². The fourth-order valence-corrected chi connectivity index (χ4v) is 1.70. The Hall–Kier alpha value is -1.06. The average Bonchev–Trinajstić information content (AvgIpc) is 2.60. The van der Waals surface area contributed by atoms with Gasteiger partial charge in [-0.2, -0.15) is 0 Å². The molecular formula is C16H32O8. The lowest BCUT2D eigenvalue weighted by atomic mass is 9.93. The molecular weight excluding hydrogens is 320 g/mol. The summed E-state index contributed by atoms with van der Waals surface area (Å²) in [5, 5.41) is 28.2. The molecule has 0 radical (unpaired) electrons. The Kier molecular flexibility index (Phi) is 12.7. The van der Waals surface area contributed by atoms with E-state index in [1.807, 2.05) is 13.8 Å². The first kappa shape index (κ1) is 22.9. The van der Waals surface area contributed by atoms with Crippen molar-refractivity contribution in [1.29, 1.82) is 0 Å². The number of ether oxygens (including phenoxy) is 5. The molecule has 0 rings (SSSR count). The van der Waals surface area contributed by atoms with Gasteiger partial charge in [0.05, 0.1) is 38.4 Å². The van der Waals surface area contributed by atoms with E-state index in [0.29, 0.717) is 26.4 Å². The van der Waals surface area contributed by atoms with E-state index in [4.69, 9.17) is 23.7 Å². The van der Waals surface area contributed by atoms with Gasteiger partial charge >= 0.3 is 5.95 Å². The third-order valence-corrected chi connectivity index (χ3v) is 3.14. The first-order valence-corrected chi connectivity index (χ1v) is 8.26. The zero-order valence-corrected chi connectivity index (χ0v) is 15.1. The third-order valence-electron chi connectivity index (χ3n) is 3.14. The van der Waals surface area contributed by atoms with Crippen LogP contribution >= 0.6 is 0 Å². The summed E-state index contributed by atoms with van der Waals surface area (Å²) in [6.45, 7) is 7.20. The molecule has 0 amide bonds. The number of aliphatic hydroxyl groups excluding tert-OH is 3. The Balaban J connectivity index is 5.47. The fraction of sp³-hybridized carbons (Fsp3) is 0.875. The predicted octanol–water partition coefficient (Wildman–Crippen LogP) is 0.607. The highest BCUT2D eigenvalue weighted by atomic mass is 16.7. The van der Waals surface area contributed by atoms with E-state index in [0.717, 1.165) is 0 Å². The highest BCUT2D eigenvalue weighted by Crippen LogP contribution is 2.22. The van der Waals surface area contributed by atoms with Crippen molar-refractivity contribution in [3.63, 3.8) is 0 Å². The molecule has 0 bridgehead atoms. The van der Waals surface area contributed by atoms with E-state index in [1.165, 1.54) is 0 Å². The summed E-state index contributed by atoms with van der Waals surface area (Å²) in [6.07, 6.45) is -0.798. The van der Waals surface area contributed by atoms with Crippen LogP contribution in [0.5, 0.6) is 0 Å². The number of hydrogen-bond acceptors (Lipinski definition) is 8. The summed E-state index contributed by atoms with van der Waals surface area (Å²) < 4.78 is 27.7. The minimum absolute atomic E-state index is 0.0472. The molecule has 0 aliphatic carbocycles. The molecule has 8 heteroatoms. The first-order chi connectivity index (χ1) is 11.6. The highest BCUT2D eigenvalue weighted by Gasteiger charge is 2.32. The van der Waals surface area contributed by atoms with Crippen LogP contribution in [-0.2, 0) is 23.7 Å². The van der Waals surface area contributed by atoms with Gasteiger partial charge in [0.2, 0.25) is 12.0 Å². The van der Waals surface area contributed by atoms with Gasteiger partial charge < -0.3 is 39.0 Å². The summed E-state index contributed by atoms with van der Waals surface area (Å²) in [7, 11) is 0. The highest BCUT2D eigenvalue weighted by molar-refractivity contribution is 5.00. The minimum atomic E-state index is -1.19. The van der Waals surface area contributed by atoms with Crippen molar-refractivity contribution in [3.05, 3.63) is 11.7 Å². The zero-order chi connectivity index (χ0) is 18.4. The molecule has 0 aromatic heterocycles. The number of hydrogen-bond donors (Lipinski definition) is 3. The van der Waals surface area contributed by atoms with E-state index in [-0.39, 0.29) is 18.3 Å². The molecule has 0 spiro atoms. The molecule has 8 nitrogen and oxygen atoms in total. The standard InChI is InChI=1S/C16H32O8/c1-5-20-13(14(21-6-2)22-7-3)15(23-8-4)24-12-16(9-17,10-18)11-19/h14,17-19H,5-12H2,1-4H3. The van der Waals surface area contributed by atoms with E-state index in [2.05, 4.69) is 0 Å². The monoisotopic (exact) mass is 352 g/mol. The summed E-state index contributed by atoms with van der Waals surface area (Å²) in [4.78, 5) is 0. The maximum Gasteiger partial charge on any atom is 0.324 e. The molecule has 0 aliphatic heterocycles. The second kappa shape index (κ2) is 13.3. The van der Waals surface area contributed by atoms with Crippen molar-refractivity contribution >= 4 is 0 Å². The molecule has 144 valence electrons. The van der Waals surface area contributed by atoms with Crippen LogP contribution in [0.1, 0.15) is 27.7 Å². The van der Waals surface area contributed by atoms with Gasteiger partial charge in [0.1, 0.15) is 6.61 Å². The summed E-state index contributed by atoms with van der Waals surface area (Å²) in [5.41, 5.74) is -1.19. The smallest absolute Gasteiger partial charge is 0.324 e. The Morgan fingerprint density at radius 3 is 1.62 bits per heavy atom. The van der Waals surface area contributed by atoms with Crippen LogP contribution in [0.3, 0.4) is 0 Å². The maximum absolute atomic E-state index is 9.40.